The zero-order chi connectivity index (χ0) is 28.3. The highest BCUT2D eigenvalue weighted by Gasteiger charge is 2.27. The summed E-state index contributed by atoms with van der Waals surface area (Å²) in [5.74, 6) is -0.990. The van der Waals surface area contributed by atoms with Crippen LogP contribution in [0.5, 0.6) is 0 Å². The number of aromatic nitrogens is 7. The first-order valence-corrected chi connectivity index (χ1v) is 13.0. The van der Waals surface area contributed by atoms with Gasteiger partial charge in [-0.25, -0.2) is 4.79 Å². The molecule has 10 nitrogen and oxygen atoms in total. The molecule has 3 aromatic carbocycles. The lowest BCUT2D eigenvalue weighted by Gasteiger charge is -2.24. The number of hydrogen-bond acceptors (Lipinski definition) is 7. The molecular weight excluding hydrogens is 542 g/mol. The van der Waals surface area contributed by atoms with Crippen molar-refractivity contribution in [3.05, 3.63) is 132 Å². The number of hydrogen-bond donors (Lipinski definition) is 2. The van der Waals surface area contributed by atoms with Crippen LogP contribution < -0.4 is 0 Å². The van der Waals surface area contributed by atoms with E-state index in [1.54, 1.807) is 52.1 Å². The van der Waals surface area contributed by atoms with Crippen LogP contribution in [-0.2, 0) is 0 Å². The van der Waals surface area contributed by atoms with E-state index in [0.29, 0.717) is 16.3 Å². The number of aromatic carboxylic acids is 1. The van der Waals surface area contributed by atoms with Crippen LogP contribution in [0.4, 0.5) is 0 Å². The first kappa shape index (κ1) is 26.1. The quantitative estimate of drug-likeness (QED) is 0.256. The van der Waals surface area contributed by atoms with Gasteiger partial charge in [-0.15, -0.1) is 5.10 Å². The van der Waals surface area contributed by atoms with Crippen molar-refractivity contribution in [1.29, 1.82) is 0 Å². The number of carboxylic acid groups (broad SMARTS) is 1. The van der Waals surface area contributed by atoms with Gasteiger partial charge in [0.05, 0.1) is 23.1 Å². The molecule has 2 N–H and O–H groups in total. The van der Waals surface area contributed by atoms with Crippen LogP contribution in [0.3, 0.4) is 0 Å². The van der Waals surface area contributed by atoms with Gasteiger partial charge in [0.2, 0.25) is 0 Å². The van der Waals surface area contributed by atoms with Crippen LogP contribution in [0, 0.1) is 0 Å². The smallest absolute Gasteiger partial charge is 0.335 e. The fraction of sp³-hybridized carbons (Fsp3) is 0.0667. The number of nitrogens with zero attached hydrogens (tertiary/aromatic N) is 7. The molecule has 0 spiro atoms. The van der Waals surface area contributed by atoms with E-state index in [1.807, 2.05) is 60.8 Å². The number of halogens is 1. The molecule has 3 heterocycles. The lowest BCUT2D eigenvalue weighted by Crippen LogP contribution is -2.21. The van der Waals surface area contributed by atoms with Crippen LogP contribution >= 0.6 is 11.6 Å². The maximum absolute atomic E-state index is 11.5. The SMILES string of the molecule is O=C(O)c1ccc(-c2cnn([C@H](c3ccc(-c4cc(Cl)ccc4-n4cnnn4)cn3)[C@@H](O)c3ccccc3)c2)cc1. The van der Waals surface area contributed by atoms with Gasteiger partial charge in [0.1, 0.15) is 18.5 Å². The third-order valence-electron chi connectivity index (χ3n) is 6.75. The van der Waals surface area contributed by atoms with Crippen molar-refractivity contribution in [2.75, 3.05) is 0 Å². The van der Waals surface area contributed by atoms with Gasteiger partial charge in [-0.2, -0.15) is 9.78 Å². The highest BCUT2D eigenvalue weighted by atomic mass is 35.5. The molecule has 0 aliphatic carbocycles. The van der Waals surface area contributed by atoms with Crippen LogP contribution in [0.15, 0.2) is 110 Å². The Labute approximate surface area is 239 Å². The number of carbonyl (C=O) groups is 1. The minimum atomic E-state index is -0.990. The summed E-state index contributed by atoms with van der Waals surface area (Å²) < 4.78 is 3.22. The van der Waals surface area contributed by atoms with E-state index in [9.17, 15) is 15.0 Å². The monoisotopic (exact) mass is 563 g/mol. The van der Waals surface area contributed by atoms with E-state index in [2.05, 4.69) is 20.6 Å². The summed E-state index contributed by atoms with van der Waals surface area (Å²) >= 11 is 6.32. The molecule has 6 rings (SSSR count). The third kappa shape index (κ3) is 5.33. The maximum Gasteiger partial charge on any atom is 0.335 e. The Morgan fingerprint density at radius 2 is 1.66 bits per heavy atom. The van der Waals surface area contributed by atoms with E-state index in [-0.39, 0.29) is 5.56 Å². The summed E-state index contributed by atoms with van der Waals surface area (Å²) in [6.45, 7) is 0. The third-order valence-corrected chi connectivity index (χ3v) is 6.98. The van der Waals surface area contributed by atoms with Gasteiger partial charge in [-0.3, -0.25) is 9.67 Å². The van der Waals surface area contributed by atoms with Gasteiger partial charge in [0.25, 0.3) is 0 Å². The highest BCUT2D eigenvalue weighted by molar-refractivity contribution is 6.31. The van der Waals surface area contributed by atoms with Crippen LogP contribution in [0.25, 0.3) is 27.9 Å². The number of aliphatic hydroxyl groups excluding tert-OH is 1. The molecule has 0 amide bonds. The van der Waals surface area contributed by atoms with Crippen molar-refractivity contribution >= 4 is 17.6 Å². The molecule has 0 aliphatic rings. The molecule has 6 aromatic rings. The van der Waals surface area contributed by atoms with Gasteiger partial charge in [-0.05, 0) is 58.0 Å². The number of benzene rings is 3. The van der Waals surface area contributed by atoms with E-state index >= 15 is 0 Å². The van der Waals surface area contributed by atoms with Crippen molar-refractivity contribution in [2.24, 2.45) is 0 Å². The molecule has 0 unspecified atom stereocenters. The Kier molecular flexibility index (Phi) is 7.07. The molecule has 11 heteroatoms. The minimum absolute atomic E-state index is 0.200. The zero-order valence-electron chi connectivity index (χ0n) is 21.4. The van der Waals surface area contributed by atoms with Crippen molar-refractivity contribution in [1.82, 2.24) is 35.0 Å². The Bertz CT molecular complexity index is 1790. The summed E-state index contributed by atoms with van der Waals surface area (Å²) in [5.41, 5.74) is 5.38. The standard InChI is InChI=1S/C30H22ClN7O3/c31-24-11-13-27(38-18-33-35-36-38)25(14-24)22-10-12-26(32-15-22)28(29(39)20-4-2-1-3-5-20)37-17-23(16-34-37)19-6-8-21(9-7-19)30(40)41/h1-18,28-29,39H,(H,40,41)/t28-,29+/m1/s1. The van der Waals surface area contributed by atoms with E-state index in [1.165, 1.54) is 6.33 Å². The predicted molar refractivity (Wildman–Crippen MR) is 152 cm³/mol. The Morgan fingerprint density at radius 1 is 0.878 bits per heavy atom. The van der Waals surface area contributed by atoms with Gasteiger partial charge >= 0.3 is 5.97 Å². The lowest BCUT2D eigenvalue weighted by molar-refractivity contribution is 0.0697. The van der Waals surface area contributed by atoms with Crippen molar-refractivity contribution in [3.8, 4) is 27.9 Å². The number of rotatable bonds is 8. The summed E-state index contributed by atoms with van der Waals surface area (Å²) in [6.07, 6.45) is 5.76. The second kappa shape index (κ2) is 11.1. The predicted octanol–water partition coefficient (Wildman–Crippen LogP) is 5.26. The summed E-state index contributed by atoms with van der Waals surface area (Å²) in [4.78, 5) is 16.0. The van der Waals surface area contributed by atoms with Gasteiger partial charge in [-0.1, -0.05) is 60.1 Å². The molecule has 2 atom stereocenters. The first-order valence-electron chi connectivity index (χ1n) is 12.6. The van der Waals surface area contributed by atoms with Gasteiger partial charge in [0.15, 0.2) is 0 Å². The van der Waals surface area contributed by atoms with Crippen LogP contribution in [-0.4, -0.2) is 51.2 Å². The summed E-state index contributed by atoms with van der Waals surface area (Å²) in [5, 5.41) is 37.4. The normalized spacial score (nSPS) is 12.6. The highest BCUT2D eigenvalue weighted by Crippen LogP contribution is 2.35. The molecule has 0 saturated carbocycles. The zero-order valence-corrected chi connectivity index (χ0v) is 22.1. The van der Waals surface area contributed by atoms with E-state index in [4.69, 9.17) is 16.6 Å². The fourth-order valence-corrected chi connectivity index (χ4v) is 4.84. The summed E-state index contributed by atoms with van der Waals surface area (Å²) in [7, 11) is 0. The maximum atomic E-state index is 11.5. The van der Waals surface area contributed by atoms with E-state index < -0.39 is 18.1 Å². The summed E-state index contributed by atoms with van der Waals surface area (Å²) in [6, 6.07) is 24.4. The molecule has 0 bridgehead atoms. The molecule has 41 heavy (non-hydrogen) atoms. The van der Waals surface area contributed by atoms with Gasteiger partial charge < -0.3 is 10.2 Å². The van der Waals surface area contributed by atoms with Crippen LogP contribution in [0.2, 0.25) is 5.02 Å². The van der Waals surface area contributed by atoms with E-state index in [0.717, 1.165) is 27.9 Å². The molecule has 0 saturated heterocycles. The molecular formula is C30H22ClN7O3. The lowest BCUT2D eigenvalue weighted by atomic mass is 9.98. The fourth-order valence-electron chi connectivity index (χ4n) is 4.67. The number of aliphatic hydroxyl groups is 1. The van der Waals surface area contributed by atoms with Crippen molar-refractivity contribution < 1.29 is 15.0 Å². The molecule has 0 aliphatic heterocycles. The molecule has 3 aromatic heterocycles. The van der Waals surface area contributed by atoms with Gasteiger partial charge in [0, 0.05) is 34.1 Å². The van der Waals surface area contributed by atoms with Crippen molar-refractivity contribution in [2.45, 2.75) is 12.1 Å². The largest absolute Gasteiger partial charge is 0.478 e. The number of tetrazole rings is 1. The average Bonchev–Trinajstić information content (AvgIpc) is 3.72. The molecule has 0 radical (unpaired) electrons. The molecule has 202 valence electrons. The molecule has 0 fully saturated rings. The Balaban J connectivity index is 1.39. The topological polar surface area (TPSA) is 132 Å². The Hall–Kier alpha value is -5.19. The second-order valence-corrected chi connectivity index (χ2v) is 9.72. The number of pyridine rings is 1. The first-order chi connectivity index (χ1) is 20.0. The van der Waals surface area contributed by atoms with Crippen molar-refractivity contribution in [3.63, 3.8) is 0 Å². The second-order valence-electron chi connectivity index (χ2n) is 9.28. The number of carboxylic acids is 1. The minimum Gasteiger partial charge on any atom is -0.478 e. The average molecular weight is 564 g/mol. The van der Waals surface area contributed by atoms with Crippen LogP contribution in [0.1, 0.15) is 33.8 Å². The Morgan fingerprint density at radius 3 is 2.34 bits per heavy atom.